The lowest BCUT2D eigenvalue weighted by Gasteiger charge is -2.20. The quantitative estimate of drug-likeness (QED) is 0.609. The Morgan fingerprint density at radius 1 is 1.35 bits per heavy atom. The number of ether oxygens (including phenoxy) is 1. The Balaban J connectivity index is 2.87. The molecule has 0 fully saturated rings. The Kier molecular flexibility index (Phi) is 4.75. The van der Waals surface area contributed by atoms with Crippen LogP contribution in [0.1, 0.15) is 46.1 Å². The molecule has 17 heavy (non-hydrogen) atoms. The molecule has 0 aliphatic carbocycles. The third kappa shape index (κ3) is 4.15. The van der Waals surface area contributed by atoms with E-state index >= 15 is 0 Å². The van der Waals surface area contributed by atoms with E-state index in [1.807, 2.05) is 25.1 Å². The van der Waals surface area contributed by atoms with Gasteiger partial charge >= 0.3 is 5.97 Å². The smallest absolute Gasteiger partial charge is 0.311 e. The van der Waals surface area contributed by atoms with Gasteiger partial charge in [-0.15, -0.1) is 0 Å². The molecule has 0 bridgehead atoms. The highest BCUT2D eigenvalue weighted by molar-refractivity contribution is 9.10. The molecule has 0 unspecified atom stereocenters. The van der Waals surface area contributed by atoms with Crippen LogP contribution in [0.15, 0.2) is 22.7 Å². The first-order chi connectivity index (χ1) is 7.84. The Bertz CT molecular complexity index is 405. The third-order valence-electron chi connectivity index (χ3n) is 2.48. The molecule has 0 saturated carbocycles. The second-order valence-electron chi connectivity index (χ2n) is 5.12. The van der Waals surface area contributed by atoms with Crippen LogP contribution in [-0.4, -0.2) is 5.97 Å². The molecule has 0 spiro atoms. The summed E-state index contributed by atoms with van der Waals surface area (Å²) in [6.07, 6.45) is 1.25. The lowest BCUT2D eigenvalue weighted by Crippen LogP contribution is -2.12. The number of rotatable bonds is 3. The van der Waals surface area contributed by atoms with Crippen LogP contribution < -0.4 is 4.74 Å². The molecule has 0 aromatic heterocycles. The highest BCUT2D eigenvalue weighted by atomic mass is 79.9. The van der Waals surface area contributed by atoms with Crippen LogP contribution in [0.4, 0.5) is 0 Å². The zero-order valence-electron chi connectivity index (χ0n) is 10.8. The van der Waals surface area contributed by atoms with Gasteiger partial charge in [-0.25, -0.2) is 0 Å². The average molecular weight is 299 g/mol. The normalized spacial score (nSPS) is 11.4. The Morgan fingerprint density at radius 3 is 2.47 bits per heavy atom. The molecule has 0 aliphatic rings. The first-order valence-corrected chi connectivity index (χ1v) is 6.64. The van der Waals surface area contributed by atoms with Gasteiger partial charge in [0.15, 0.2) is 0 Å². The highest BCUT2D eigenvalue weighted by Gasteiger charge is 2.16. The van der Waals surface area contributed by atoms with E-state index in [9.17, 15) is 4.79 Å². The molecule has 2 nitrogen and oxygen atoms in total. The fraction of sp³-hybridized carbons (Fsp3) is 0.500. The molecule has 0 N–H and O–H groups in total. The fourth-order valence-corrected chi connectivity index (χ4v) is 1.89. The average Bonchev–Trinajstić information content (AvgIpc) is 2.20. The van der Waals surface area contributed by atoms with Gasteiger partial charge in [0.2, 0.25) is 0 Å². The maximum Gasteiger partial charge on any atom is 0.311 e. The number of halogens is 1. The largest absolute Gasteiger partial charge is 0.425 e. The Morgan fingerprint density at radius 2 is 2.00 bits per heavy atom. The van der Waals surface area contributed by atoms with Gasteiger partial charge in [0, 0.05) is 6.42 Å². The second kappa shape index (κ2) is 5.67. The molecule has 0 aliphatic heterocycles. The second-order valence-corrected chi connectivity index (χ2v) is 5.97. The van der Waals surface area contributed by atoms with E-state index in [0.29, 0.717) is 12.2 Å². The predicted octanol–water partition coefficient (Wildman–Crippen LogP) is 4.45. The molecule has 0 heterocycles. The van der Waals surface area contributed by atoms with E-state index in [4.69, 9.17) is 4.74 Å². The van der Waals surface area contributed by atoms with Gasteiger partial charge in [0.25, 0.3) is 0 Å². The minimum atomic E-state index is -0.184. The number of esters is 1. The summed E-state index contributed by atoms with van der Waals surface area (Å²) < 4.78 is 6.10. The molecule has 3 heteroatoms. The van der Waals surface area contributed by atoms with Gasteiger partial charge in [0.1, 0.15) is 5.75 Å². The van der Waals surface area contributed by atoms with E-state index in [-0.39, 0.29) is 11.4 Å². The van der Waals surface area contributed by atoms with E-state index in [2.05, 4.69) is 36.7 Å². The van der Waals surface area contributed by atoms with E-state index in [1.165, 1.54) is 5.56 Å². The highest BCUT2D eigenvalue weighted by Crippen LogP contribution is 2.31. The topological polar surface area (TPSA) is 26.3 Å². The van der Waals surface area contributed by atoms with E-state index in [1.54, 1.807) is 0 Å². The lowest BCUT2D eigenvalue weighted by molar-refractivity contribution is -0.134. The lowest BCUT2D eigenvalue weighted by atomic mass is 9.87. The van der Waals surface area contributed by atoms with Crippen molar-refractivity contribution >= 4 is 21.9 Å². The van der Waals surface area contributed by atoms with Gasteiger partial charge in [-0.2, -0.15) is 0 Å². The van der Waals surface area contributed by atoms with Crippen LogP contribution in [0.25, 0.3) is 0 Å². The summed E-state index contributed by atoms with van der Waals surface area (Å²) in [6, 6.07) is 5.85. The molecule has 1 rings (SSSR count). The van der Waals surface area contributed by atoms with Gasteiger partial charge < -0.3 is 4.74 Å². The van der Waals surface area contributed by atoms with Gasteiger partial charge in [-0.05, 0) is 45.5 Å². The number of carbonyl (C=O) groups is 1. The molecule has 0 atom stereocenters. The van der Waals surface area contributed by atoms with E-state index in [0.717, 1.165) is 10.9 Å². The number of carbonyl (C=O) groups excluding carboxylic acids is 1. The van der Waals surface area contributed by atoms with Gasteiger partial charge in [-0.1, -0.05) is 33.8 Å². The molecule has 0 amide bonds. The number of hydrogen-bond acceptors (Lipinski definition) is 2. The molecule has 1 aromatic rings. The van der Waals surface area contributed by atoms with Crippen molar-refractivity contribution < 1.29 is 9.53 Å². The minimum absolute atomic E-state index is 0.0917. The first kappa shape index (κ1) is 14.2. The fourth-order valence-electron chi connectivity index (χ4n) is 1.43. The van der Waals surface area contributed by atoms with Crippen LogP contribution in [0.5, 0.6) is 5.75 Å². The SMILES string of the molecule is CCCC(=O)Oc1ccc(C(C)(C)C)cc1Br. The molecule has 0 radical (unpaired) electrons. The van der Waals surface area contributed by atoms with Crippen LogP contribution in [-0.2, 0) is 10.2 Å². The van der Waals surface area contributed by atoms with Crippen molar-refractivity contribution in [2.45, 2.75) is 46.0 Å². The van der Waals surface area contributed by atoms with Crippen molar-refractivity contribution in [1.29, 1.82) is 0 Å². The third-order valence-corrected chi connectivity index (χ3v) is 3.10. The predicted molar refractivity (Wildman–Crippen MR) is 73.4 cm³/mol. The molecular weight excluding hydrogens is 280 g/mol. The summed E-state index contributed by atoms with van der Waals surface area (Å²) in [6.45, 7) is 8.41. The number of hydrogen-bond donors (Lipinski definition) is 0. The number of benzene rings is 1. The van der Waals surface area contributed by atoms with Crippen LogP contribution in [0.3, 0.4) is 0 Å². The summed E-state index contributed by atoms with van der Waals surface area (Å²) in [7, 11) is 0. The molecule has 94 valence electrons. The summed E-state index contributed by atoms with van der Waals surface area (Å²) in [5, 5.41) is 0. The van der Waals surface area contributed by atoms with Crippen molar-refractivity contribution in [2.24, 2.45) is 0 Å². The molecular formula is C14H19BrO2. The van der Waals surface area contributed by atoms with Crippen LogP contribution in [0.2, 0.25) is 0 Å². The van der Waals surface area contributed by atoms with Crippen molar-refractivity contribution in [3.8, 4) is 5.75 Å². The Labute approximate surface area is 111 Å². The van der Waals surface area contributed by atoms with Crippen molar-refractivity contribution in [3.63, 3.8) is 0 Å². The summed E-state index contributed by atoms with van der Waals surface area (Å²) >= 11 is 3.44. The maximum absolute atomic E-state index is 11.4. The molecule has 0 saturated heterocycles. The monoisotopic (exact) mass is 298 g/mol. The summed E-state index contributed by atoms with van der Waals surface area (Å²) in [5.41, 5.74) is 1.30. The first-order valence-electron chi connectivity index (χ1n) is 5.85. The van der Waals surface area contributed by atoms with E-state index < -0.39 is 0 Å². The maximum atomic E-state index is 11.4. The van der Waals surface area contributed by atoms with Crippen molar-refractivity contribution in [1.82, 2.24) is 0 Å². The summed E-state index contributed by atoms with van der Waals surface area (Å²) in [4.78, 5) is 11.4. The van der Waals surface area contributed by atoms with Crippen molar-refractivity contribution in [2.75, 3.05) is 0 Å². The van der Waals surface area contributed by atoms with Gasteiger partial charge in [0.05, 0.1) is 4.47 Å². The summed E-state index contributed by atoms with van der Waals surface area (Å²) in [5.74, 6) is 0.410. The van der Waals surface area contributed by atoms with Crippen LogP contribution >= 0.6 is 15.9 Å². The van der Waals surface area contributed by atoms with Gasteiger partial charge in [-0.3, -0.25) is 4.79 Å². The van der Waals surface area contributed by atoms with Crippen LogP contribution in [0, 0.1) is 0 Å². The zero-order valence-corrected chi connectivity index (χ0v) is 12.4. The minimum Gasteiger partial charge on any atom is -0.425 e. The standard InChI is InChI=1S/C14H19BrO2/c1-5-6-13(16)17-12-8-7-10(9-11(12)15)14(2,3)4/h7-9H,5-6H2,1-4H3. The Hall–Kier alpha value is -0.830. The van der Waals surface area contributed by atoms with Crippen molar-refractivity contribution in [3.05, 3.63) is 28.2 Å². The zero-order chi connectivity index (χ0) is 13.1. The molecule has 1 aromatic carbocycles.